The first-order valence-corrected chi connectivity index (χ1v) is 20.2. The average molecular weight is 753 g/mol. The molecule has 2 heterocycles. The lowest BCUT2D eigenvalue weighted by atomic mass is 10.00. The molecule has 0 saturated heterocycles. The van der Waals surface area contributed by atoms with Crippen LogP contribution in [0.5, 0.6) is 0 Å². The van der Waals surface area contributed by atoms with E-state index in [0.29, 0.717) is 0 Å². The Labute approximate surface area is 341 Å². The molecule has 12 aromatic rings. The minimum Gasteiger partial charge on any atom is -0.456 e. The zero-order valence-electron chi connectivity index (χ0n) is 32.1. The first kappa shape index (κ1) is 33.3. The summed E-state index contributed by atoms with van der Waals surface area (Å²) in [7, 11) is 0. The lowest BCUT2D eigenvalue weighted by molar-refractivity contribution is 0.669. The lowest BCUT2D eigenvalue weighted by Gasteiger charge is -2.27. The Morgan fingerprint density at radius 1 is 0.305 bits per heavy atom. The van der Waals surface area contributed by atoms with Gasteiger partial charge in [-0.15, -0.1) is 0 Å². The maximum atomic E-state index is 6.30. The third kappa shape index (κ3) is 5.51. The molecular formula is C56H36N2O. The molecule has 0 atom stereocenters. The monoisotopic (exact) mass is 752 g/mol. The highest BCUT2D eigenvalue weighted by atomic mass is 16.3. The molecule has 2 aromatic heterocycles. The summed E-state index contributed by atoms with van der Waals surface area (Å²) in [5.74, 6) is 0. The zero-order chi connectivity index (χ0) is 38.9. The molecule has 0 radical (unpaired) electrons. The second-order valence-corrected chi connectivity index (χ2v) is 15.4. The van der Waals surface area contributed by atoms with Crippen LogP contribution in [0.3, 0.4) is 0 Å². The second-order valence-electron chi connectivity index (χ2n) is 15.4. The van der Waals surface area contributed by atoms with Crippen molar-refractivity contribution in [1.29, 1.82) is 0 Å². The van der Waals surface area contributed by atoms with Crippen LogP contribution in [0, 0.1) is 0 Å². The first-order chi connectivity index (χ1) is 29.2. The number of benzene rings is 10. The first-order valence-electron chi connectivity index (χ1n) is 20.2. The van der Waals surface area contributed by atoms with Gasteiger partial charge in [-0.25, -0.2) is 0 Å². The van der Waals surface area contributed by atoms with Gasteiger partial charge in [-0.1, -0.05) is 140 Å². The number of hydrogen-bond donors (Lipinski definition) is 0. The summed E-state index contributed by atoms with van der Waals surface area (Å²) in [5, 5.41) is 9.76. The fraction of sp³-hybridized carbons (Fsp3) is 0. The van der Waals surface area contributed by atoms with Gasteiger partial charge < -0.3 is 13.9 Å². The van der Waals surface area contributed by atoms with Crippen LogP contribution < -0.4 is 4.90 Å². The number of hydrogen-bond acceptors (Lipinski definition) is 2. The predicted octanol–water partition coefficient (Wildman–Crippen LogP) is 15.8. The molecular weight excluding hydrogens is 717 g/mol. The molecule has 59 heavy (non-hydrogen) atoms. The van der Waals surface area contributed by atoms with Crippen molar-refractivity contribution in [3.8, 4) is 27.9 Å². The maximum Gasteiger partial charge on any atom is 0.136 e. The summed E-state index contributed by atoms with van der Waals surface area (Å²) in [4.78, 5) is 2.37. The Balaban J connectivity index is 0.966. The standard InChI is InChI=1S/C56H36N2O/c1-2-16-47-38(11-1)23-24-42-35-46(30-32-48(42)47)57(44-14-10-13-40(34-44)41-27-31-52-51-19-5-8-22-55(51)59-56(52)36-41)43-28-25-37(26-29-43)39-12-9-15-45(33-39)58-53-20-6-3-17-49(53)50-18-4-7-21-54(50)58/h1-36H. The predicted molar refractivity (Wildman–Crippen MR) is 249 cm³/mol. The topological polar surface area (TPSA) is 21.3 Å². The number of aromatic nitrogens is 1. The zero-order valence-corrected chi connectivity index (χ0v) is 32.1. The van der Waals surface area contributed by atoms with Gasteiger partial charge in [0.05, 0.1) is 11.0 Å². The van der Waals surface area contributed by atoms with Crippen LogP contribution in [0.15, 0.2) is 223 Å². The van der Waals surface area contributed by atoms with Gasteiger partial charge in [0.25, 0.3) is 0 Å². The molecule has 3 heteroatoms. The Morgan fingerprint density at radius 3 is 1.68 bits per heavy atom. The normalized spacial score (nSPS) is 11.7. The van der Waals surface area contributed by atoms with Gasteiger partial charge in [-0.3, -0.25) is 0 Å². The summed E-state index contributed by atoms with van der Waals surface area (Å²) < 4.78 is 8.69. The van der Waals surface area contributed by atoms with E-state index in [2.05, 4.69) is 216 Å². The highest BCUT2D eigenvalue weighted by molar-refractivity contribution is 6.10. The summed E-state index contributed by atoms with van der Waals surface area (Å²) in [6.45, 7) is 0. The summed E-state index contributed by atoms with van der Waals surface area (Å²) in [5.41, 5.74) is 13.2. The van der Waals surface area contributed by atoms with Crippen LogP contribution >= 0.6 is 0 Å². The lowest BCUT2D eigenvalue weighted by Crippen LogP contribution is -2.10. The average Bonchev–Trinajstić information content (AvgIpc) is 3.85. The van der Waals surface area contributed by atoms with Gasteiger partial charge >= 0.3 is 0 Å². The van der Waals surface area contributed by atoms with Gasteiger partial charge in [-0.2, -0.15) is 0 Å². The van der Waals surface area contributed by atoms with Crippen LogP contribution in [0.2, 0.25) is 0 Å². The van der Waals surface area contributed by atoms with Crippen molar-refractivity contribution in [3.63, 3.8) is 0 Å². The summed E-state index contributed by atoms with van der Waals surface area (Å²) in [6.07, 6.45) is 0. The Bertz CT molecular complexity index is 3520. The van der Waals surface area contributed by atoms with Crippen LogP contribution in [0.4, 0.5) is 17.1 Å². The van der Waals surface area contributed by atoms with Crippen molar-refractivity contribution < 1.29 is 4.42 Å². The van der Waals surface area contributed by atoms with E-state index in [1.54, 1.807) is 0 Å². The molecule has 0 bridgehead atoms. The Kier molecular flexibility index (Phi) is 7.54. The van der Waals surface area contributed by atoms with E-state index in [9.17, 15) is 0 Å². The van der Waals surface area contributed by atoms with Gasteiger partial charge in [0.2, 0.25) is 0 Å². The molecule has 0 aliphatic carbocycles. The minimum absolute atomic E-state index is 0.894. The van der Waals surface area contributed by atoms with Gasteiger partial charge in [0.1, 0.15) is 11.2 Å². The highest BCUT2D eigenvalue weighted by Crippen LogP contribution is 2.41. The quantitative estimate of drug-likeness (QED) is 0.158. The fourth-order valence-electron chi connectivity index (χ4n) is 9.15. The third-order valence-electron chi connectivity index (χ3n) is 11.9. The van der Waals surface area contributed by atoms with Crippen LogP contribution in [-0.4, -0.2) is 4.57 Å². The van der Waals surface area contributed by atoms with Gasteiger partial charge in [-0.05, 0) is 123 Å². The highest BCUT2D eigenvalue weighted by Gasteiger charge is 2.17. The molecule has 0 unspecified atom stereocenters. The van der Waals surface area contributed by atoms with E-state index in [1.165, 1.54) is 48.9 Å². The van der Waals surface area contributed by atoms with E-state index in [4.69, 9.17) is 4.42 Å². The number of para-hydroxylation sites is 3. The molecule has 10 aromatic carbocycles. The number of fused-ring (bicyclic) bond motifs is 9. The molecule has 12 rings (SSSR count). The van der Waals surface area contributed by atoms with E-state index in [0.717, 1.165) is 61.4 Å². The largest absolute Gasteiger partial charge is 0.456 e. The molecule has 276 valence electrons. The molecule has 0 aliphatic rings. The minimum atomic E-state index is 0.894. The summed E-state index contributed by atoms with van der Waals surface area (Å²) >= 11 is 0. The van der Waals surface area contributed by atoms with Crippen molar-refractivity contribution in [2.45, 2.75) is 0 Å². The Morgan fingerprint density at radius 2 is 0.864 bits per heavy atom. The maximum absolute atomic E-state index is 6.30. The number of anilines is 3. The third-order valence-corrected chi connectivity index (χ3v) is 11.9. The van der Waals surface area contributed by atoms with Crippen molar-refractivity contribution >= 4 is 82.4 Å². The SMILES string of the molecule is c1cc(-c2ccc3c(c2)oc2ccccc23)cc(N(c2ccc(-c3cccc(-n4c5ccccc5c5ccccc54)c3)cc2)c2ccc3c(ccc4ccccc43)c2)c1. The van der Waals surface area contributed by atoms with Crippen molar-refractivity contribution in [3.05, 3.63) is 218 Å². The van der Waals surface area contributed by atoms with Gasteiger partial charge in [0.15, 0.2) is 0 Å². The van der Waals surface area contributed by atoms with E-state index in [1.807, 2.05) is 12.1 Å². The molecule has 0 N–H and O–H groups in total. The molecule has 0 aliphatic heterocycles. The molecule has 3 nitrogen and oxygen atoms in total. The van der Waals surface area contributed by atoms with E-state index >= 15 is 0 Å². The van der Waals surface area contributed by atoms with Crippen LogP contribution in [-0.2, 0) is 0 Å². The van der Waals surface area contributed by atoms with Crippen molar-refractivity contribution in [2.75, 3.05) is 4.90 Å². The van der Waals surface area contributed by atoms with Crippen molar-refractivity contribution in [2.24, 2.45) is 0 Å². The molecule has 0 spiro atoms. The van der Waals surface area contributed by atoms with Crippen molar-refractivity contribution in [1.82, 2.24) is 4.57 Å². The Hall–Kier alpha value is -7.88. The molecule has 0 saturated carbocycles. The molecule has 0 fully saturated rings. The smallest absolute Gasteiger partial charge is 0.136 e. The number of furan rings is 1. The summed E-state index contributed by atoms with van der Waals surface area (Å²) in [6, 6.07) is 78.8. The molecule has 0 amide bonds. The van der Waals surface area contributed by atoms with E-state index in [-0.39, 0.29) is 0 Å². The fourth-order valence-corrected chi connectivity index (χ4v) is 9.15. The number of nitrogens with zero attached hydrogens (tertiary/aromatic N) is 2. The number of rotatable bonds is 6. The second kappa shape index (κ2) is 13.4. The van der Waals surface area contributed by atoms with Crippen LogP contribution in [0.1, 0.15) is 0 Å². The van der Waals surface area contributed by atoms with Gasteiger partial charge in [0, 0.05) is 44.3 Å². The van der Waals surface area contributed by atoms with E-state index < -0.39 is 0 Å². The van der Waals surface area contributed by atoms with Crippen LogP contribution in [0.25, 0.3) is 93.2 Å².